The summed E-state index contributed by atoms with van der Waals surface area (Å²) in [6, 6.07) is 8.04. The molecule has 2 rings (SSSR count). The number of fused-ring (bicyclic) bond motifs is 1. The van der Waals surface area contributed by atoms with E-state index in [0.29, 0.717) is 17.5 Å². The second-order valence-corrected chi connectivity index (χ2v) is 4.88. The van der Waals surface area contributed by atoms with Crippen molar-refractivity contribution in [3.8, 4) is 0 Å². The fourth-order valence-electron chi connectivity index (χ4n) is 2.20. The molecule has 0 spiro atoms. The van der Waals surface area contributed by atoms with Crippen molar-refractivity contribution in [1.29, 1.82) is 0 Å². The lowest BCUT2D eigenvalue weighted by atomic mass is 10.1. The molecule has 2 aromatic rings. The van der Waals surface area contributed by atoms with E-state index < -0.39 is 12.0 Å². The number of unbranched alkanes of at least 4 members (excludes halogenated alkanes) is 1. The normalized spacial score (nSPS) is 12.0. The van der Waals surface area contributed by atoms with Crippen molar-refractivity contribution < 1.29 is 14.7 Å². The van der Waals surface area contributed by atoms with Crippen molar-refractivity contribution in [3.63, 3.8) is 0 Å². The Morgan fingerprint density at radius 1 is 1.29 bits per heavy atom. The van der Waals surface area contributed by atoms with E-state index in [2.05, 4.69) is 10.3 Å². The quantitative estimate of drug-likeness (QED) is 0.855. The van der Waals surface area contributed by atoms with E-state index in [1.54, 1.807) is 18.3 Å². The number of aromatic nitrogens is 1. The van der Waals surface area contributed by atoms with Gasteiger partial charge in [-0.05, 0) is 18.6 Å². The highest BCUT2D eigenvalue weighted by molar-refractivity contribution is 6.06. The van der Waals surface area contributed by atoms with E-state index >= 15 is 0 Å². The van der Waals surface area contributed by atoms with Crippen molar-refractivity contribution in [2.24, 2.45) is 0 Å². The molecule has 1 amide bonds. The lowest BCUT2D eigenvalue weighted by Crippen LogP contribution is -2.40. The predicted octanol–water partition coefficient (Wildman–Crippen LogP) is 2.61. The molecule has 0 bridgehead atoms. The fraction of sp³-hybridized carbons (Fsp3) is 0.312. The molecule has 5 nitrogen and oxygen atoms in total. The van der Waals surface area contributed by atoms with Gasteiger partial charge in [0.05, 0.1) is 11.1 Å². The minimum absolute atomic E-state index is 0.378. The molecule has 0 unspecified atom stereocenters. The number of carboxylic acids is 1. The van der Waals surface area contributed by atoms with Crippen LogP contribution in [0.2, 0.25) is 0 Å². The average molecular weight is 286 g/mol. The van der Waals surface area contributed by atoms with Crippen molar-refractivity contribution in [2.45, 2.75) is 32.2 Å². The lowest BCUT2D eigenvalue weighted by Gasteiger charge is -2.14. The van der Waals surface area contributed by atoms with Crippen molar-refractivity contribution in [1.82, 2.24) is 10.3 Å². The monoisotopic (exact) mass is 286 g/mol. The zero-order valence-corrected chi connectivity index (χ0v) is 11.9. The number of carbonyl (C=O) groups excluding carboxylic acids is 1. The summed E-state index contributed by atoms with van der Waals surface area (Å²) in [4.78, 5) is 27.7. The van der Waals surface area contributed by atoms with E-state index in [0.717, 1.165) is 18.2 Å². The van der Waals surface area contributed by atoms with Crippen LogP contribution in [0.5, 0.6) is 0 Å². The predicted molar refractivity (Wildman–Crippen MR) is 80.2 cm³/mol. The van der Waals surface area contributed by atoms with Crippen LogP contribution in [0.1, 0.15) is 36.5 Å². The van der Waals surface area contributed by atoms with E-state index in [4.69, 9.17) is 0 Å². The van der Waals surface area contributed by atoms with E-state index in [9.17, 15) is 14.7 Å². The molecule has 1 aromatic carbocycles. The summed E-state index contributed by atoms with van der Waals surface area (Å²) < 4.78 is 0. The Balaban J connectivity index is 2.23. The average Bonchev–Trinajstić information content (AvgIpc) is 2.50. The second kappa shape index (κ2) is 6.83. The first-order valence-corrected chi connectivity index (χ1v) is 7.01. The van der Waals surface area contributed by atoms with Crippen LogP contribution in [0, 0.1) is 0 Å². The number of nitrogens with one attached hydrogen (secondary N) is 1. The molecule has 0 saturated carbocycles. The third kappa shape index (κ3) is 3.56. The van der Waals surface area contributed by atoms with Crippen LogP contribution in [0.4, 0.5) is 0 Å². The van der Waals surface area contributed by atoms with Gasteiger partial charge < -0.3 is 10.4 Å². The van der Waals surface area contributed by atoms with Gasteiger partial charge >= 0.3 is 5.97 Å². The van der Waals surface area contributed by atoms with Gasteiger partial charge in [-0.25, -0.2) is 4.79 Å². The highest BCUT2D eigenvalue weighted by Crippen LogP contribution is 2.16. The fourth-order valence-corrected chi connectivity index (χ4v) is 2.20. The molecular weight excluding hydrogens is 268 g/mol. The first-order chi connectivity index (χ1) is 10.1. The summed E-state index contributed by atoms with van der Waals surface area (Å²) in [7, 11) is 0. The van der Waals surface area contributed by atoms with Crippen LogP contribution in [0.3, 0.4) is 0 Å². The van der Waals surface area contributed by atoms with Crippen molar-refractivity contribution >= 4 is 22.8 Å². The molecule has 0 radical (unpaired) electrons. The van der Waals surface area contributed by atoms with Crippen molar-refractivity contribution in [2.75, 3.05) is 0 Å². The molecule has 21 heavy (non-hydrogen) atoms. The van der Waals surface area contributed by atoms with Gasteiger partial charge in [0.2, 0.25) is 0 Å². The van der Waals surface area contributed by atoms with Crippen LogP contribution < -0.4 is 5.32 Å². The zero-order valence-electron chi connectivity index (χ0n) is 11.9. The largest absolute Gasteiger partial charge is 0.480 e. The minimum Gasteiger partial charge on any atom is -0.480 e. The Labute approximate surface area is 123 Å². The molecule has 0 aliphatic heterocycles. The summed E-state index contributed by atoms with van der Waals surface area (Å²) in [5.41, 5.74) is 1.16. The standard InChI is InChI=1S/C16H18N2O3/c1-2-3-7-14(16(20)21)18-15(19)12-9-10-17-13-8-5-4-6-11(12)13/h4-6,8-10,14H,2-3,7H2,1H3,(H,18,19)(H,20,21)/t14-/m1/s1. The molecule has 1 aromatic heterocycles. The molecule has 0 fully saturated rings. The highest BCUT2D eigenvalue weighted by atomic mass is 16.4. The number of benzene rings is 1. The molecule has 1 atom stereocenters. The van der Waals surface area contributed by atoms with Crippen molar-refractivity contribution in [3.05, 3.63) is 42.1 Å². The molecule has 0 aliphatic carbocycles. The third-order valence-corrected chi connectivity index (χ3v) is 3.34. The van der Waals surface area contributed by atoms with Gasteiger partial charge in [-0.1, -0.05) is 38.0 Å². The topological polar surface area (TPSA) is 79.3 Å². The van der Waals surface area contributed by atoms with Crippen LogP contribution in [0.15, 0.2) is 36.5 Å². The summed E-state index contributed by atoms with van der Waals surface area (Å²) in [6.07, 6.45) is 3.63. The number of hydrogen-bond donors (Lipinski definition) is 2. The Kier molecular flexibility index (Phi) is 4.87. The van der Waals surface area contributed by atoms with Crippen LogP contribution >= 0.6 is 0 Å². The minimum atomic E-state index is -1.00. The highest BCUT2D eigenvalue weighted by Gasteiger charge is 2.21. The molecule has 0 aliphatic rings. The Bertz CT molecular complexity index is 650. The number of carboxylic acid groups (broad SMARTS) is 1. The molecule has 5 heteroatoms. The van der Waals surface area contributed by atoms with Gasteiger partial charge in [-0.15, -0.1) is 0 Å². The Hall–Kier alpha value is -2.43. The number of hydrogen-bond acceptors (Lipinski definition) is 3. The number of para-hydroxylation sites is 1. The molecule has 0 saturated heterocycles. The third-order valence-electron chi connectivity index (χ3n) is 3.34. The summed E-state index contributed by atoms with van der Waals surface area (Å²) >= 11 is 0. The summed E-state index contributed by atoms with van der Waals surface area (Å²) in [5.74, 6) is -1.38. The summed E-state index contributed by atoms with van der Waals surface area (Å²) in [6.45, 7) is 1.98. The second-order valence-electron chi connectivity index (χ2n) is 4.88. The number of nitrogens with zero attached hydrogens (tertiary/aromatic N) is 1. The molecular formula is C16H18N2O3. The van der Waals surface area contributed by atoms with Gasteiger partial charge in [0, 0.05) is 11.6 Å². The number of aliphatic carboxylic acids is 1. The van der Waals surface area contributed by atoms with E-state index in [-0.39, 0.29) is 5.91 Å². The maximum atomic E-state index is 12.3. The summed E-state index contributed by atoms with van der Waals surface area (Å²) in [5, 5.41) is 12.5. The van der Waals surface area contributed by atoms with Gasteiger partial charge in [-0.3, -0.25) is 9.78 Å². The Morgan fingerprint density at radius 2 is 2.05 bits per heavy atom. The maximum absolute atomic E-state index is 12.3. The smallest absolute Gasteiger partial charge is 0.326 e. The SMILES string of the molecule is CCCC[C@@H](NC(=O)c1ccnc2ccccc12)C(=O)O. The number of rotatable bonds is 6. The van der Waals surface area contributed by atoms with Gasteiger partial charge in [-0.2, -0.15) is 0 Å². The molecule has 2 N–H and O–H groups in total. The van der Waals surface area contributed by atoms with E-state index in [1.165, 1.54) is 0 Å². The first kappa shape index (κ1) is 15.0. The number of carbonyl (C=O) groups is 2. The van der Waals surface area contributed by atoms with Crippen LogP contribution in [-0.4, -0.2) is 28.0 Å². The van der Waals surface area contributed by atoms with E-state index in [1.807, 2.05) is 25.1 Å². The van der Waals surface area contributed by atoms with Gasteiger partial charge in [0.15, 0.2) is 0 Å². The van der Waals surface area contributed by atoms with Crippen LogP contribution in [-0.2, 0) is 4.79 Å². The first-order valence-electron chi connectivity index (χ1n) is 7.01. The molecule has 1 heterocycles. The van der Waals surface area contributed by atoms with Gasteiger partial charge in [0.1, 0.15) is 6.04 Å². The lowest BCUT2D eigenvalue weighted by molar-refractivity contribution is -0.139. The maximum Gasteiger partial charge on any atom is 0.326 e. The van der Waals surface area contributed by atoms with Gasteiger partial charge in [0.25, 0.3) is 5.91 Å². The number of amides is 1. The van der Waals surface area contributed by atoms with Crippen LogP contribution in [0.25, 0.3) is 10.9 Å². The molecule has 110 valence electrons. The number of pyridine rings is 1. The zero-order chi connectivity index (χ0) is 15.2. The Morgan fingerprint density at radius 3 is 2.76 bits per heavy atom.